The predicted molar refractivity (Wildman–Crippen MR) is 51.9 cm³/mol. The van der Waals surface area contributed by atoms with E-state index in [1.807, 2.05) is 0 Å². The molecule has 2 aliphatic rings. The maximum Gasteiger partial charge on any atom is 0.0771 e. The van der Waals surface area contributed by atoms with Crippen LogP contribution in [-0.4, -0.2) is 25.3 Å². The molecule has 0 amide bonds. The molecule has 2 saturated heterocycles. The minimum atomic E-state index is 0.491. The Kier molecular flexibility index (Phi) is 1.56. The van der Waals surface area contributed by atoms with E-state index in [1.54, 1.807) is 0 Å². The van der Waals surface area contributed by atoms with Crippen LogP contribution in [0.15, 0.2) is 30.3 Å². The summed E-state index contributed by atoms with van der Waals surface area (Å²) in [6.45, 7) is 1.99. The number of fused-ring (bicyclic) bond motifs is 2. The SMILES string of the molecule is c1ccc(N2CC3CC2CO3)cc1. The van der Waals surface area contributed by atoms with Crippen LogP contribution in [-0.2, 0) is 4.74 Å². The fourth-order valence-electron chi connectivity index (χ4n) is 2.34. The number of para-hydroxylation sites is 1. The second-order valence-corrected chi connectivity index (χ2v) is 3.83. The van der Waals surface area contributed by atoms with E-state index in [9.17, 15) is 0 Å². The van der Waals surface area contributed by atoms with Gasteiger partial charge in [-0.1, -0.05) is 18.2 Å². The molecule has 2 heterocycles. The van der Waals surface area contributed by atoms with Gasteiger partial charge in [-0.2, -0.15) is 0 Å². The van der Waals surface area contributed by atoms with E-state index in [0.717, 1.165) is 13.2 Å². The number of nitrogens with zero attached hydrogens (tertiary/aromatic N) is 1. The molecule has 2 aliphatic heterocycles. The molecule has 0 spiro atoms. The molecule has 2 atom stereocenters. The third-order valence-corrected chi connectivity index (χ3v) is 2.99. The normalized spacial score (nSPS) is 31.2. The lowest BCUT2D eigenvalue weighted by Gasteiger charge is -2.28. The van der Waals surface area contributed by atoms with E-state index < -0.39 is 0 Å². The van der Waals surface area contributed by atoms with Gasteiger partial charge in [-0.3, -0.25) is 0 Å². The molecule has 2 nitrogen and oxygen atoms in total. The maximum absolute atomic E-state index is 5.56. The van der Waals surface area contributed by atoms with Crippen molar-refractivity contribution in [1.29, 1.82) is 0 Å². The smallest absolute Gasteiger partial charge is 0.0771 e. The first-order valence-electron chi connectivity index (χ1n) is 4.87. The van der Waals surface area contributed by atoms with Gasteiger partial charge in [-0.25, -0.2) is 0 Å². The zero-order valence-electron chi connectivity index (χ0n) is 7.52. The highest BCUT2D eigenvalue weighted by Crippen LogP contribution is 2.31. The average Bonchev–Trinajstić information content (AvgIpc) is 2.80. The van der Waals surface area contributed by atoms with Crippen molar-refractivity contribution in [1.82, 2.24) is 0 Å². The second-order valence-electron chi connectivity index (χ2n) is 3.83. The lowest BCUT2D eigenvalue weighted by Crippen LogP contribution is -2.36. The third-order valence-electron chi connectivity index (χ3n) is 2.99. The monoisotopic (exact) mass is 175 g/mol. The van der Waals surface area contributed by atoms with Gasteiger partial charge in [0.2, 0.25) is 0 Å². The van der Waals surface area contributed by atoms with Gasteiger partial charge in [0.1, 0.15) is 0 Å². The van der Waals surface area contributed by atoms with Gasteiger partial charge < -0.3 is 9.64 Å². The Morgan fingerprint density at radius 3 is 2.69 bits per heavy atom. The van der Waals surface area contributed by atoms with Gasteiger partial charge in [0.15, 0.2) is 0 Å². The van der Waals surface area contributed by atoms with Gasteiger partial charge in [-0.15, -0.1) is 0 Å². The number of anilines is 1. The number of hydrogen-bond acceptors (Lipinski definition) is 2. The molecular formula is C11H13NO. The first kappa shape index (κ1) is 7.39. The van der Waals surface area contributed by atoms with E-state index in [-0.39, 0.29) is 0 Å². The molecule has 3 rings (SSSR count). The van der Waals surface area contributed by atoms with Gasteiger partial charge >= 0.3 is 0 Å². The number of benzene rings is 1. The van der Waals surface area contributed by atoms with Crippen LogP contribution in [0.3, 0.4) is 0 Å². The fraction of sp³-hybridized carbons (Fsp3) is 0.455. The molecule has 1 aromatic carbocycles. The van der Waals surface area contributed by atoms with E-state index in [0.29, 0.717) is 12.1 Å². The van der Waals surface area contributed by atoms with Crippen LogP contribution in [0.2, 0.25) is 0 Å². The van der Waals surface area contributed by atoms with Crippen molar-refractivity contribution in [2.75, 3.05) is 18.1 Å². The first-order chi connectivity index (χ1) is 6.43. The lowest BCUT2D eigenvalue weighted by molar-refractivity contribution is 0.0991. The Balaban J connectivity index is 1.87. The molecule has 2 unspecified atom stereocenters. The minimum Gasteiger partial charge on any atom is -0.374 e. The van der Waals surface area contributed by atoms with Gasteiger partial charge in [0.05, 0.1) is 18.8 Å². The van der Waals surface area contributed by atoms with Crippen LogP contribution in [0, 0.1) is 0 Å². The van der Waals surface area contributed by atoms with E-state index in [2.05, 4.69) is 35.2 Å². The highest BCUT2D eigenvalue weighted by molar-refractivity contribution is 5.49. The summed E-state index contributed by atoms with van der Waals surface area (Å²) in [5.74, 6) is 0. The fourth-order valence-corrected chi connectivity index (χ4v) is 2.34. The Hall–Kier alpha value is -1.02. The summed E-state index contributed by atoms with van der Waals surface area (Å²) in [7, 11) is 0. The van der Waals surface area contributed by atoms with Gasteiger partial charge in [-0.05, 0) is 18.6 Å². The Morgan fingerprint density at radius 1 is 1.23 bits per heavy atom. The highest BCUT2D eigenvalue weighted by atomic mass is 16.5. The summed E-state index contributed by atoms with van der Waals surface area (Å²) >= 11 is 0. The number of rotatable bonds is 1. The third kappa shape index (κ3) is 1.13. The molecule has 2 heteroatoms. The van der Waals surface area contributed by atoms with Crippen LogP contribution in [0.1, 0.15) is 6.42 Å². The predicted octanol–water partition coefficient (Wildman–Crippen LogP) is 1.66. The maximum atomic E-state index is 5.56. The van der Waals surface area contributed by atoms with Crippen molar-refractivity contribution in [3.05, 3.63) is 30.3 Å². The average molecular weight is 175 g/mol. The zero-order chi connectivity index (χ0) is 8.67. The molecule has 2 bridgehead atoms. The second kappa shape index (κ2) is 2.74. The Bertz CT molecular complexity index is 298. The summed E-state index contributed by atoms with van der Waals surface area (Å²) in [5.41, 5.74) is 1.35. The quantitative estimate of drug-likeness (QED) is 0.643. The number of hydrogen-bond donors (Lipinski definition) is 0. The standard InChI is InChI=1S/C11H13NO/c1-2-4-9(5-3-1)12-7-11-6-10(12)8-13-11/h1-5,10-11H,6-8H2. The van der Waals surface area contributed by atoms with Crippen LogP contribution < -0.4 is 4.90 Å². The molecular weight excluding hydrogens is 162 g/mol. The molecule has 0 saturated carbocycles. The van der Waals surface area contributed by atoms with Crippen LogP contribution in [0.4, 0.5) is 5.69 Å². The lowest BCUT2D eigenvalue weighted by atomic mass is 10.2. The van der Waals surface area contributed by atoms with E-state index in [1.165, 1.54) is 12.1 Å². The zero-order valence-corrected chi connectivity index (χ0v) is 7.52. The largest absolute Gasteiger partial charge is 0.374 e. The molecule has 0 N–H and O–H groups in total. The molecule has 0 radical (unpaired) electrons. The van der Waals surface area contributed by atoms with Crippen LogP contribution in [0.25, 0.3) is 0 Å². The summed E-state index contributed by atoms with van der Waals surface area (Å²) in [4.78, 5) is 2.47. The van der Waals surface area contributed by atoms with Crippen LogP contribution >= 0.6 is 0 Å². The van der Waals surface area contributed by atoms with Crippen molar-refractivity contribution in [2.24, 2.45) is 0 Å². The van der Waals surface area contributed by atoms with Crippen molar-refractivity contribution < 1.29 is 4.74 Å². The van der Waals surface area contributed by atoms with E-state index >= 15 is 0 Å². The molecule has 1 aromatic rings. The number of morpholine rings is 1. The summed E-state index contributed by atoms with van der Waals surface area (Å²) in [5, 5.41) is 0. The number of ether oxygens (including phenoxy) is 1. The van der Waals surface area contributed by atoms with Crippen molar-refractivity contribution in [3.63, 3.8) is 0 Å². The topological polar surface area (TPSA) is 12.5 Å². The van der Waals surface area contributed by atoms with E-state index in [4.69, 9.17) is 4.74 Å². The molecule has 0 aliphatic carbocycles. The molecule has 2 fully saturated rings. The van der Waals surface area contributed by atoms with Crippen molar-refractivity contribution in [2.45, 2.75) is 18.6 Å². The summed E-state index contributed by atoms with van der Waals surface area (Å²) in [6.07, 6.45) is 1.71. The Labute approximate surface area is 78.1 Å². The van der Waals surface area contributed by atoms with Crippen molar-refractivity contribution >= 4 is 5.69 Å². The molecule has 68 valence electrons. The van der Waals surface area contributed by atoms with Gasteiger partial charge in [0, 0.05) is 12.2 Å². The summed E-state index contributed by atoms with van der Waals surface area (Å²) in [6, 6.07) is 11.3. The van der Waals surface area contributed by atoms with Crippen LogP contribution in [0.5, 0.6) is 0 Å². The Morgan fingerprint density at radius 2 is 2.08 bits per heavy atom. The highest BCUT2D eigenvalue weighted by Gasteiger charge is 2.38. The first-order valence-corrected chi connectivity index (χ1v) is 4.87. The van der Waals surface area contributed by atoms with Gasteiger partial charge in [0.25, 0.3) is 0 Å². The molecule has 13 heavy (non-hydrogen) atoms. The molecule has 0 aromatic heterocycles. The summed E-state index contributed by atoms with van der Waals surface area (Å²) < 4.78 is 5.56. The minimum absolute atomic E-state index is 0.491. The van der Waals surface area contributed by atoms with Crippen molar-refractivity contribution in [3.8, 4) is 0 Å².